The van der Waals surface area contributed by atoms with E-state index in [-0.39, 0.29) is 11.5 Å². The average molecular weight is 235 g/mol. The molecular weight excluding hydrogens is 214 g/mol. The van der Waals surface area contributed by atoms with E-state index in [1.807, 2.05) is 6.07 Å². The molecule has 3 heteroatoms. The molecule has 0 radical (unpaired) electrons. The maximum Gasteiger partial charge on any atom is 0.157 e. The van der Waals surface area contributed by atoms with Gasteiger partial charge in [-0.15, -0.1) is 0 Å². The third kappa shape index (κ3) is 2.72. The van der Waals surface area contributed by atoms with Gasteiger partial charge in [-0.2, -0.15) is 0 Å². The van der Waals surface area contributed by atoms with Crippen LogP contribution < -0.4 is 5.32 Å². The lowest BCUT2D eigenvalue weighted by molar-refractivity contribution is 0.369. The first-order chi connectivity index (χ1) is 8.08. The van der Waals surface area contributed by atoms with E-state index in [9.17, 15) is 10.2 Å². The lowest BCUT2D eigenvalue weighted by Crippen LogP contribution is -2.31. The minimum Gasteiger partial charge on any atom is -0.504 e. The van der Waals surface area contributed by atoms with Crippen molar-refractivity contribution in [3.8, 4) is 11.5 Å². The van der Waals surface area contributed by atoms with Crippen LogP contribution in [0.25, 0.3) is 0 Å². The van der Waals surface area contributed by atoms with Gasteiger partial charge in [0.25, 0.3) is 0 Å². The molecule has 0 spiro atoms. The second kappa shape index (κ2) is 4.96. The van der Waals surface area contributed by atoms with Crippen molar-refractivity contribution >= 4 is 0 Å². The van der Waals surface area contributed by atoms with E-state index in [1.54, 1.807) is 6.07 Å². The van der Waals surface area contributed by atoms with Crippen molar-refractivity contribution in [1.29, 1.82) is 0 Å². The summed E-state index contributed by atoms with van der Waals surface area (Å²) in [7, 11) is 0. The molecule has 1 aliphatic carbocycles. The Labute approximate surface area is 102 Å². The highest BCUT2D eigenvalue weighted by Crippen LogP contribution is 2.31. The van der Waals surface area contributed by atoms with E-state index in [2.05, 4.69) is 19.2 Å². The van der Waals surface area contributed by atoms with Crippen LogP contribution in [0.5, 0.6) is 11.5 Å². The fourth-order valence-electron chi connectivity index (χ4n) is 2.58. The van der Waals surface area contributed by atoms with Gasteiger partial charge in [-0.3, -0.25) is 0 Å². The summed E-state index contributed by atoms with van der Waals surface area (Å²) in [6, 6.07) is 5.56. The molecular formula is C14H21NO2. The van der Waals surface area contributed by atoms with Crippen molar-refractivity contribution in [2.75, 3.05) is 0 Å². The van der Waals surface area contributed by atoms with Crippen molar-refractivity contribution < 1.29 is 10.2 Å². The zero-order valence-corrected chi connectivity index (χ0v) is 10.5. The highest BCUT2D eigenvalue weighted by Gasteiger charge is 2.28. The normalized spacial score (nSPS) is 28.5. The van der Waals surface area contributed by atoms with E-state index in [0.717, 1.165) is 18.0 Å². The number of aromatic hydroxyl groups is 2. The number of nitrogens with one attached hydrogen (secondary N) is 1. The largest absolute Gasteiger partial charge is 0.504 e. The Morgan fingerprint density at radius 2 is 1.94 bits per heavy atom. The number of phenols is 2. The summed E-state index contributed by atoms with van der Waals surface area (Å²) < 4.78 is 0. The van der Waals surface area contributed by atoms with Gasteiger partial charge < -0.3 is 15.5 Å². The summed E-state index contributed by atoms with van der Waals surface area (Å²) in [6.45, 7) is 5.35. The Morgan fingerprint density at radius 3 is 2.53 bits per heavy atom. The molecule has 0 aromatic heterocycles. The molecule has 2 rings (SSSR count). The summed E-state index contributed by atoms with van der Waals surface area (Å²) in [5.74, 6) is 1.40. The molecule has 0 aliphatic heterocycles. The molecule has 1 aromatic rings. The van der Waals surface area contributed by atoms with Gasteiger partial charge in [0.15, 0.2) is 11.5 Å². The predicted octanol–water partition coefficient (Wildman–Crippen LogP) is 2.62. The second-order valence-electron chi connectivity index (χ2n) is 5.22. The molecule has 3 N–H and O–H groups in total. The van der Waals surface area contributed by atoms with Gasteiger partial charge in [0.05, 0.1) is 0 Å². The maximum atomic E-state index is 9.41. The van der Waals surface area contributed by atoms with Crippen LogP contribution in [-0.4, -0.2) is 16.3 Å². The Balaban J connectivity index is 1.92. The molecule has 1 aromatic carbocycles. The van der Waals surface area contributed by atoms with Crippen LogP contribution in [0.3, 0.4) is 0 Å². The quantitative estimate of drug-likeness (QED) is 0.706. The van der Waals surface area contributed by atoms with E-state index in [0.29, 0.717) is 12.0 Å². The minimum absolute atomic E-state index is 0.0443. The lowest BCUT2D eigenvalue weighted by Gasteiger charge is -2.19. The number of phenolic OH excluding ortho intramolecular Hbond substituents is 2. The summed E-state index contributed by atoms with van der Waals surface area (Å²) in [5.41, 5.74) is 1.01. The number of hydrogen-bond acceptors (Lipinski definition) is 3. The standard InChI is InChI=1S/C14H21NO2/c1-9-3-5-12(10(9)2)15-8-11-4-6-13(16)14(17)7-11/h4,6-7,9-10,12,15-17H,3,5,8H2,1-2H3. The fourth-order valence-corrected chi connectivity index (χ4v) is 2.58. The molecule has 1 fully saturated rings. The topological polar surface area (TPSA) is 52.5 Å². The Hall–Kier alpha value is -1.22. The SMILES string of the molecule is CC1CCC(NCc2ccc(O)c(O)c2)C1C. The van der Waals surface area contributed by atoms with E-state index < -0.39 is 0 Å². The summed E-state index contributed by atoms with van der Waals surface area (Å²) in [5, 5.41) is 22.2. The molecule has 94 valence electrons. The van der Waals surface area contributed by atoms with Crippen LogP contribution in [0.1, 0.15) is 32.3 Å². The molecule has 1 saturated carbocycles. The highest BCUT2D eigenvalue weighted by atomic mass is 16.3. The minimum atomic E-state index is -0.0587. The molecule has 1 aliphatic rings. The summed E-state index contributed by atoms with van der Waals surface area (Å²) in [4.78, 5) is 0. The molecule has 3 unspecified atom stereocenters. The highest BCUT2D eigenvalue weighted by molar-refractivity contribution is 5.40. The van der Waals surface area contributed by atoms with E-state index in [4.69, 9.17) is 0 Å². The maximum absolute atomic E-state index is 9.41. The molecule has 3 nitrogen and oxygen atoms in total. The van der Waals surface area contributed by atoms with Crippen molar-refractivity contribution in [2.45, 2.75) is 39.3 Å². The Bertz CT molecular complexity index is 392. The molecule has 0 amide bonds. The average Bonchev–Trinajstić information content (AvgIpc) is 2.62. The number of rotatable bonds is 3. The van der Waals surface area contributed by atoms with Crippen molar-refractivity contribution in [1.82, 2.24) is 5.32 Å². The zero-order chi connectivity index (χ0) is 12.4. The van der Waals surface area contributed by atoms with Gasteiger partial charge in [0, 0.05) is 12.6 Å². The first-order valence-electron chi connectivity index (χ1n) is 6.32. The smallest absolute Gasteiger partial charge is 0.157 e. The molecule has 3 atom stereocenters. The Morgan fingerprint density at radius 1 is 1.18 bits per heavy atom. The van der Waals surface area contributed by atoms with Crippen LogP contribution in [0.2, 0.25) is 0 Å². The number of benzene rings is 1. The second-order valence-corrected chi connectivity index (χ2v) is 5.22. The lowest BCUT2D eigenvalue weighted by atomic mass is 9.97. The fraction of sp³-hybridized carbons (Fsp3) is 0.571. The summed E-state index contributed by atoms with van der Waals surface area (Å²) >= 11 is 0. The van der Waals surface area contributed by atoms with Gasteiger partial charge in [-0.1, -0.05) is 19.9 Å². The molecule has 0 bridgehead atoms. The van der Waals surface area contributed by atoms with Crippen molar-refractivity contribution in [2.24, 2.45) is 11.8 Å². The van der Waals surface area contributed by atoms with Crippen molar-refractivity contribution in [3.63, 3.8) is 0 Å². The first kappa shape index (κ1) is 12.2. The first-order valence-corrected chi connectivity index (χ1v) is 6.32. The zero-order valence-electron chi connectivity index (χ0n) is 10.5. The van der Waals surface area contributed by atoms with Crippen LogP contribution >= 0.6 is 0 Å². The molecule has 17 heavy (non-hydrogen) atoms. The number of hydrogen-bond donors (Lipinski definition) is 3. The van der Waals surface area contributed by atoms with E-state index in [1.165, 1.54) is 18.9 Å². The van der Waals surface area contributed by atoms with Crippen LogP contribution in [0.4, 0.5) is 0 Å². The van der Waals surface area contributed by atoms with Gasteiger partial charge in [-0.25, -0.2) is 0 Å². The van der Waals surface area contributed by atoms with Gasteiger partial charge >= 0.3 is 0 Å². The van der Waals surface area contributed by atoms with Crippen LogP contribution in [-0.2, 0) is 6.54 Å². The van der Waals surface area contributed by atoms with Crippen LogP contribution in [0.15, 0.2) is 18.2 Å². The summed E-state index contributed by atoms with van der Waals surface area (Å²) in [6.07, 6.45) is 2.52. The Kier molecular flexibility index (Phi) is 3.57. The van der Waals surface area contributed by atoms with Gasteiger partial charge in [0.2, 0.25) is 0 Å². The van der Waals surface area contributed by atoms with Crippen molar-refractivity contribution in [3.05, 3.63) is 23.8 Å². The predicted molar refractivity (Wildman–Crippen MR) is 68.0 cm³/mol. The third-order valence-electron chi connectivity index (χ3n) is 4.07. The molecule has 0 heterocycles. The molecule has 0 saturated heterocycles. The third-order valence-corrected chi connectivity index (χ3v) is 4.07. The van der Waals surface area contributed by atoms with Gasteiger partial charge in [-0.05, 0) is 42.4 Å². The van der Waals surface area contributed by atoms with Gasteiger partial charge in [0.1, 0.15) is 0 Å². The monoisotopic (exact) mass is 235 g/mol. The van der Waals surface area contributed by atoms with E-state index >= 15 is 0 Å². The van der Waals surface area contributed by atoms with Crippen LogP contribution in [0, 0.1) is 11.8 Å².